The first-order valence-corrected chi connectivity index (χ1v) is 6.28. The monoisotopic (exact) mass is 330 g/mol. The summed E-state index contributed by atoms with van der Waals surface area (Å²) in [5.41, 5.74) is -0.0552. The molecule has 0 aliphatic carbocycles. The molecule has 0 spiro atoms. The third-order valence-electron chi connectivity index (χ3n) is 2.85. The van der Waals surface area contributed by atoms with Crippen molar-refractivity contribution >= 4 is 15.9 Å². The first-order chi connectivity index (χ1) is 8.91. The Morgan fingerprint density at radius 2 is 1.74 bits per heavy atom. The van der Waals surface area contributed by atoms with E-state index in [0.29, 0.717) is 5.56 Å². The third kappa shape index (κ3) is 2.67. The summed E-state index contributed by atoms with van der Waals surface area (Å²) in [6.45, 7) is 1.53. The van der Waals surface area contributed by atoms with Gasteiger partial charge in [0.1, 0.15) is 23.6 Å². The zero-order valence-corrected chi connectivity index (χ0v) is 11.5. The Morgan fingerprint density at radius 3 is 2.42 bits per heavy atom. The van der Waals surface area contributed by atoms with Crippen molar-refractivity contribution in [2.75, 3.05) is 0 Å². The summed E-state index contributed by atoms with van der Waals surface area (Å²) >= 11 is 2.84. The van der Waals surface area contributed by atoms with Crippen LogP contribution in [-0.4, -0.2) is 5.11 Å². The Labute approximate surface area is 116 Å². The highest BCUT2D eigenvalue weighted by Crippen LogP contribution is 2.30. The highest BCUT2D eigenvalue weighted by Gasteiger charge is 2.21. The maximum Gasteiger partial charge on any atom is 0.137 e. The minimum atomic E-state index is -1.55. The van der Waals surface area contributed by atoms with Gasteiger partial charge in [0.2, 0.25) is 0 Å². The first-order valence-electron chi connectivity index (χ1n) is 5.49. The molecular weight excluding hydrogens is 321 g/mol. The lowest BCUT2D eigenvalue weighted by Gasteiger charge is -2.15. The Balaban J connectivity index is 2.53. The van der Waals surface area contributed by atoms with Crippen molar-refractivity contribution in [2.24, 2.45) is 0 Å². The van der Waals surface area contributed by atoms with Gasteiger partial charge in [-0.1, -0.05) is 18.2 Å². The lowest BCUT2D eigenvalue weighted by molar-refractivity contribution is 0.209. The molecule has 0 bridgehead atoms. The van der Waals surface area contributed by atoms with E-state index >= 15 is 0 Å². The van der Waals surface area contributed by atoms with Crippen LogP contribution in [0.5, 0.6) is 0 Å². The molecule has 0 radical (unpaired) electrons. The average molecular weight is 331 g/mol. The predicted octanol–water partition coefficient (Wildman–Crippen LogP) is 4.26. The van der Waals surface area contributed by atoms with E-state index in [4.69, 9.17) is 0 Å². The number of halogens is 4. The molecule has 1 atom stereocenters. The van der Waals surface area contributed by atoms with Crippen molar-refractivity contribution < 1.29 is 18.3 Å². The molecule has 0 aliphatic heterocycles. The fourth-order valence-electron chi connectivity index (χ4n) is 1.80. The Hall–Kier alpha value is -1.33. The minimum Gasteiger partial charge on any atom is -0.383 e. The van der Waals surface area contributed by atoms with Crippen LogP contribution in [0.1, 0.15) is 22.8 Å². The van der Waals surface area contributed by atoms with E-state index in [9.17, 15) is 18.3 Å². The molecule has 2 rings (SSSR count). The van der Waals surface area contributed by atoms with Gasteiger partial charge in [-0.25, -0.2) is 13.2 Å². The van der Waals surface area contributed by atoms with Crippen LogP contribution in [0, 0.1) is 24.4 Å². The lowest BCUT2D eigenvalue weighted by Crippen LogP contribution is -2.07. The zero-order valence-electron chi connectivity index (χ0n) is 9.92. The van der Waals surface area contributed by atoms with Crippen LogP contribution in [0.2, 0.25) is 0 Å². The Bertz CT molecular complexity index is 628. The number of aliphatic hydroxyl groups is 1. The van der Waals surface area contributed by atoms with E-state index in [1.165, 1.54) is 19.1 Å². The highest BCUT2D eigenvalue weighted by atomic mass is 79.9. The highest BCUT2D eigenvalue weighted by molar-refractivity contribution is 9.10. The van der Waals surface area contributed by atoms with Crippen LogP contribution in [-0.2, 0) is 0 Å². The van der Waals surface area contributed by atoms with E-state index < -0.39 is 23.6 Å². The van der Waals surface area contributed by atoms with Crippen LogP contribution in [0.15, 0.2) is 34.8 Å². The van der Waals surface area contributed by atoms with E-state index in [-0.39, 0.29) is 15.6 Å². The molecule has 0 heterocycles. The van der Waals surface area contributed by atoms with Gasteiger partial charge in [-0.05, 0) is 40.5 Å². The summed E-state index contributed by atoms with van der Waals surface area (Å²) in [7, 11) is 0. The molecule has 0 fully saturated rings. The van der Waals surface area contributed by atoms with Crippen molar-refractivity contribution in [3.63, 3.8) is 0 Å². The van der Waals surface area contributed by atoms with Gasteiger partial charge < -0.3 is 5.11 Å². The molecule has 19 heavy (non-hydrogen) atoms. The molecule has 1 unspecified atom stereocenters. The van der Waals surface area contributed by atoms with Crippen LogP contribution in [0.3, 0.4) is 0 Å². The van der Waals surface area contributed by atoms with Crippen molar-refractivity contribution in [3.05, 3.63) is 68.9 Å². The molecule has 0 aromatic heterocycles. The average Bonchev–Trinajstić information content (AvgIpc) is 2.36. The molecule has 0 aliphatic rings. The fourth-order valence-corrected chi connectivity index (χ4v) is 2.11. The van der Waals surface area contributed by atoms with Crippen LogP contribution in [0.4, 0.5) is 13.2 Å². The maximum atomic E-state index is 13.9. The molecule has 2 aromatic rings. The number of aliphatic hydroxyl groups excluding tert-OH is 1. The molecule has 100 valence electrons. The summed E-state index contributed by atoms with van der Waals surface area (Å²) in [6.07, 6.45) is -1.55. The summed E-state index contributed by atoms with van der Waals surface area (Å²) < 4.78 is 40.9. The van der Waals surface area contributed by atoms with Gasteiger partial charge >= 0.3 is 0 Å². The van der Waals surface area contributed by atoms with Crippen molar-refractivity contribution in [1.29, 1.82) is 0 Å². The number of rotatable bonds is 2. The second kappa shape index (κ2) is 5.35. The van der Waals surface area contributed by atoms with Crippen molar-refractivity contribution in [1.82, 2.24) is 0 Å². The molecule has 0 saturated heterocycles. The number of aryl methyl sites for hydroxylation is 1. The Kier molecular flexibility index (Phi) is 3.96. The largest absolute Gasteiger partial charge is 0.383 e. The fraction of sp³-hybridized carbons (Fsp3) is 0.143. The van der Waals surface area contributed by atoms with Gasteiger partial charge in [-0.3, -0.25) is 0 Å². The second-order valence-corrected chi connectivity index (χ2v) is 5.02. The number of benzene rings is 2. The SMILES string of the molecule is Cc1cccc(C(O)c2cc(F)c(Br)cc2F)c1F. The molecule has 5 heteroatoms. The van der Waals surface area contributed by atoms with Crippen LogP contribution in [0.25, 0.3) is 0 Å². The Morgan fingerprint density at radius 1 is 1.05 bits per heavy atom. The molecule has 0 saturated carbocycles. The summed E-state index contributed by atoms with van der Waals surface area (Å²) in [6, 6.07) is 6.17. The summed E-state index contributed by atoms with van der Waals surface area (Å²) in [5.74, 6) is -2.15. The van der Waals surface area contributed by atoms with Crippen molar-refractivity contribution in [2.45, 2.75) is 13.0 Å². The van der Waals surface area contributed by atoms with E-state index in [0.717, 1.165) is 12.1 Å². The zero-order chi connectivity index (χ0) is 14.2. The van der Waals surface area contributed by atoms with Gasteiger partial charge in [0, 0.05) is 11.1 Å². The topological polar surface area (TPSA) is 20.2 Å². The van der Waals surface area contributed by atoms with Gasteiger partial charge in [-0.2, -0.15) is 0 Å². The normalized spacial score (nSPS) is 12.5. The predicted molar refractivity (Wildman–Crippen MR) is 69.3 cm³/mol. The maximum absolute atomic E-state index is 13.9. The van der Waals surface area contributed by atoms with E-state index in [2.05, 4.69) is 15.9 Å². The molecular formula is C14H10BrF3O. The van der Waals surface area contributed by atoms with Crippen molar-refractivity contribution in [3.8, 4) is 0 Å². The van der Waals surface area contributed by atoms with Crippen LogP contribution >= 0.6 is 15.9 Å². The summed E-state index contributed by atoms with van der Waals surface area (Å²) in [4.78, 5) is 0. The lowest BCUT2D eigenvalue weighted by atomic mass is 9.99. The standard InChI is InChI=1S/C14H10BrF3O/c1-7-3-2-4-8(13(7)18)14(19)9-5-12(17)10(15)6-11(9)16/h2-6,14,19H,1H3. The molecule has 1 nitrogen and oxygen atoms in total. The van der Waals surface area contributed by atoms with E-state index in [1.807, 2.05) is 0 Å². The van der Waals surface area contributed by atoms with Gasteiger partial charge in [-0.15, -0.1) is 0 Å². The third-order valence-corrected chi connectivity index (χ3v) is 3.46. The molecule has 0 amide bonds. The van der Waals surface area contributed by atoms with Gasteiger partial charge in [0.05, 0.1) is 4.47 Å². The minimum absolute atomic E-state index is 0.0503. The number of hydrogen-bond acceptors (Lipinski definition) is 1. The number of hydrogen-bond donors (Lipinski definition) is 1. The van der Waals surface area contributed by atoms with Crippen LogP contribution < -0.4 is 0 Å². The molecule has 1 N–H and O–H groups in total. The first kappa shape index (κ1) is 14.1. The van der Waals surface area contributed by atoms with Gasteiger partial charge in [0.25, 0.3) is 0 Å². The molecule has 2 aromatic carbocycles. The summed E-state index contributed by atoms with van der Waals surface area (Å²) in [5, 5.41) is 10.0. The second-order valence-electron chi connectivity index (χ2n) is 4.17. The van der Waals surface area contributed by atoms with E-state index in [1.54, 1.807) is 6.07 Å². The van der Waals surface area contributed by atoms with Gasteiger partial charge in [0.15, 0.2) is 0 Å². The quantitative estimate of drug-likeness (QED) is 0.816. The smallest absolute Gasteiger partial charge is 0.137 e.